The predicted molar refractivity (Wildman–Crippen MR) is 233 cm³/mol. The molecule has 3 aromatic heterocycles. The minimum Gasteiger partial charge on any atom is -0.497 e. The lowest BCUT2D eigenvalue weighted by atomic mass is 10.1. The average Bonchev–Trinajstić information content (AvgIpc) is 3.51. The van der Waals surface area contributed by atoms with E-state index in [1.807, 2.05) is 37.4 Å². The zero-order valence-corrected chi connectivity index (χ0v) is 35.7. The molecule has 0 unspecified atom stereocenters. The number of sulfonamides is 1. The van der Waals surface area contributed by atoms with Crippen LogP contribution in [0.3, 0.4) is 0 Å². The van der Waals surface area contributed by atoms with Crippen molar-refractivity contribution in [2.75, 3.05) is 30.8 Å². The fraction of sp³-hybridized carbons (Fsp3) is 0.364. The Labute approximate surface area is 358 Å². The summed E-state index contributed by atoms with van der Waals surface area (Å²) in [5, 5.41) is 12.8. The number of anilines is 2. The van der Waals surface area contributed by atoms with Crippen molar-refractivity contribution in [3.63, 3.8) is 0 Å². The molecule has 2 aliphatic heterocycles. The molecule has 0 spiro atoms. The molecule has 8 rings (SSSR count). The summed E-state index contributed by atoms with van der Waals surface area (Å²) >= 11 is 1.46. The number of para-hydroxylation sites is 1. The van der Waals surface area contributed by atoms with Gasteiger partial charge in [0.1, 0.15) is 45.5 Å². The van der Waals surface area contributed by atoms with Crippen LogP contribution in [-0.4, -0.2) is 89.9 Å². The number of amides is 3. The largest absolute Gasteiger partial charge is 0.497 e. The topological polar surface area (TPSA) is 194 Å². The molecule has 0 radical (unpaired) electrons. The van der Waals surface area contributed by atoms with Crippen molar-refractivity contribution in [3.05, 3.63) is 96.2 Å². The maximum atomic E-state index is 14.6. The van der Waals surface area contributed by atoms with E-state index in [4.69, 9.17) is 19.4 Å². The first-order valence-electron chi connectivity index (χ1n) is 20.4. The Morgan fingerprint density at radius 3 is 2.66 bits per heavy atom. The molecule has 1 saturated carbocycles. The van der Waals surface area contributed by atoms with E-state index in [0.29, 0.717) is 46.0 Å². The van der Waals surface area contributed by atoms with Crippen molar-refractivity contribution in [1.29, 1.82) is 0 Å². The number of ether oxygens (including phenoxy) is 2. The smallest absolute Gasteiger partial charge is 0.273 e. The van der Waals surface area contributed by atoms with Crippen molar-refractivity contribution in [1.82, 2.24) is 29.9 Å². The molecule has 3 aliphatic rings. The van der Waals surface area contributed by atoms with Gasteiger partial charge in [0, 0.05) is 54.0 Å². The SMILES string of the molecule is COc1ccc2c(O[C@@H]3C[C@@H](C(=O)N[C@]45C[C@H]4C=CCCCCCNc4ccccc4S(=O)(=O)NC5=O)N(C(=O)c4ccccn4)C3)cc(-c3csc(NC(C)C)n3)nc2c1. The summed E-state index contributed by atoms with van der Waals surface area (Å²) < 4.78 is 42.1. The number of hydrogen-bond donors (Lipinski definition) is 4. The Balaban J connectivity index is 1.10. The van der Waals surface area contributed by atoms with Crippen molar-refractivity contribution < 1.29 is 32.3 Å². The highest BCUT2D eigenvalue weighted by molar-refractivity contribution is 7.90. The van der Waals surface area contributed by atoms with Gasteiger partial charge in [0.05, 0.1) is 30.6 Å². The van der Waals surface area contributed by atoms with Gasteiger partial charge in [-0.2, -0.15) is 0 Å². The van der Waals surface area contributed by atoms with Crippen LogP contribution < -0.4 is 30.1 Å². The van der Waals surface area contributed by atoms with Crippen molar-refractivity contribution in [2.24, 2.45) is 5.92 Å². The number of nitrogens with zero attached hydrogens (tertiary/aromatic N) is 4. The number of thiazole rings is 1. The lowest BCUT2D eigenvalue weighted by Crippen LogP contribution is -2.56. The molecular weight excluding hydrogens is 817 g/mol. The number of methoxy groups -OCH3 is 1. The Bertz CT molecular complexity index is 2580. The average molecular weight is 865 g/mol. The molecule has 2 fully saturated rings. The van der Waals surface area contributed by atoms with Crippen LogP contribution in [0.5, 0.6) is 11.5 Å². The molecule has 5 aromatic rings. The Morgan fingerprint density at radius 2 is 1.85 bits per heavy atom. The highest BCUT2D eigenvalue weighted by Crippen LogP contribution is 2.46. The number of fused-ring (bicyclic) bond motifs is 3. The molecule has 2 aromatic carbocycles. The minimum absolute atomic E-state index is 0.0165. The number of allylic oxidation sites excluding steroid dienone is 1. The van der Waals surface area contributed by atoms with Gasteiger partial charge < -0.3 is 30.3 Å². The first-order chi connectivity index (χ1) is 29.4. The van der Waals surface area contributed by atoms with Gasteiger partial charge in [0.2, 0.25) is 5.91 Å². The van der Waals surface area contributed by atoms with E-state index in [2.05, 4.69) is 25.7 Å². The van der Waals surface area contributed by atoms with Crippen LogP contribution in [0, 0.1) is 5.92 Å². The van der Waals surface area contributed by atoms with Gasteiger partial charge in [-0.15, -0.1) is 11.3 Å². The molecule has 3 amide bonds. The maximum Gasteiger partial charge on any atom is 0.273 e. The molecule has 1 aliphatic carbocycles. The highest BCUT2D eigenvalue weighted by Gasteiger charge is 2.61. The van der Waals surface area contributed by atoms with E-state index in [-0.39, 0.29) is 36.0 Å². The molecule has 5 heterocycles. The van der Waals surface area contributed by atoms with Gasteiger partial charge >= 0.3 is 0 Å². The number of aromatic nitrogens is 3. The van der Waals surface area contributed by atoms with Crippen LogP contribution >= 0.6 is 11.3 Å². The van der Waals surface area contributed by atoms with Crippen LogP contribution in [0.15, 0.2) is 95.4 Å². The molecule has 15 nitrogen and oxygen atoms in total. The maximum absolute atomic E-state index is 14.6. The van der Waals surface area contributed by atoms with Gasteiger partial charge in [-0.1, -0.05) is 36.8 Å². The van der Waals surface area contributed by atoms with Crippen molar-refractivity contribution >= 4 is 60.8 Å². The standard InChI is InChI=1S/C44H48N8O7S2/c1-27(2)47-43-49-36(26-60-43)35-23-38(31-18-17-29(58-3)21-34(31)48-35)59-30-22-37(52(25-30)41(54)33-15-10-12-20-46-33)40(53)50-44-24-28(44)13-7-5-4-6-11-19-45-32-14-8-9-16-39(32)61(56,57)51-42(44)55/h7-10,12-18,20-21,23,26-28,30,37,45H,4-6,11,19,22,24-25H2,1-3H3,(H,47,49)(H,50,53)(H,51,55)/t28-,30-,37+,44-/m1/s1. The monoisotopic (exact) mass is 864 g/mol. The van der Waals surface area contributed by atoms with E-state index in [9.17, 15) is 22.8 Å². The summed E-state index contributed by atoms with van der Waals surface area (Å²) in [4.78, 5) is 58.3. The van der Waals surface area contributed by atoms with Crippen molar-refractivity contribution in [3.8, 4) is 22.9 Å². The first kappa shape index (κ1) is 41.7. The van der Waals surface area contributed by atoms with Crippen LogP contribution in [0.1, 0.15) is 62.9 Å². The number of carbonyl (C=O) groups excluding carboxylic acids is 3. The Morgan fingerprint density at radius 1 is 1.02 bits per heavy atom. The zero-order valence-electron chi connectivity index (χ0n) is 34.1. The normalized spacial score (nSPS) is 22.5. The summed E-state index contributed by atoms with van der Waals surface area (Å²) in [5.41, 5.74) is 0.748. The lowest BCUT2D eigenvalue weighted by molar-refractivity contribution is -0.131. The number of hydrogen-bond acceptors (Lipinski definition) is 13. The summed E-state index contributed by atoms with van der Waals surface area (Å²) in [6.45, 7) is 4.66. The molecule has 4 atom stereocenters. The summed E-state index contributed by atoms with van der Waals surface area (Å²) in [7, 11) is -2.77. The van der Waals surface area contributed by atoms with E-state index >= 15 is 0 Å². The van der Waals surface area contributed by atoms with Crippen LogP contribution in [0.2, 0.25) is 0 Å². The predicted octanol–water partition coefficient (Wildman–Crippen LogP) is 6.17. The number of rotatable bonds is 9. The highest BCUT2D eigenvalue weighted by atomic mass is 32.2. The first-order valence-corrected chi connectivity index (χ1v) is 22.8. The van der Waals surface area contributed by atoms with E-state index in [0.717, 1.165) is 30.8 Å². The fourth-order valence-electron chi connectivity index (χ4n) is 7.86. The third kappa shape index (κ3) is 9.03. The summed E-state index contributed by atoms with van der Waals surface area (Å²) in [6, 6.07) is 17.7. The Hall–Kier alpha value is -6.07. The van der Waals surface area contributed by atoms with Crippen molar-refractivity contribution in [2.45, 2.75) is 81.0 Å². The minimum atomic E-state index is -4.35. The van der Waals surface area contributed by atoms with Gasteiger partial charge in [0.25, 0.3) is 21.8 Å². The van der Waals surface area contributed by atoms with E-state index in [1.165, 1.54) is 28.5 Å². The van der Waals surface area contributed by atoms with Gasteiger partial charge in [-0.25, -0.2) is 23.1 Å². The van der Waals surface area contributed by atoms with E-state index < -0.39 is 51.3 Å². The number of likely N-dealkylation sites (tertiary alicyclic amines) is 1. The van der Waals surface area contributed by atoms with Crippen LogP contribution in [0.25, 0.3) is 22.3 Å². The summed E-state index contributed by atoms with van der Waals surface area (Å²) in [5.74, 6) is -1.36. The molecule has 17 heteroatoms. The molecular formula is C44H48N8O7S2. The van der Waals surface area contributed by atoms with Gasteiger partial charge in [-0.3, -0.25) is 19.4 Å². The molecule has 61 heavy (non-hydrogen) atoms. The van der Waals surface area contributed by atoms with Crippen LogP contribution in [0.4, 0.5) is 10.8 Å². The second-order valence-corrected chi connectivity index (χ2v) is 18.3. The van der Waals surface area contributed by atoms with Gasteiger partial charge in [-0.05, 0) is 75.9 Å². The fourth-order valence-corrected chi connectivity index (χ4v) is 9.93. The number of carbonyl (C=O) groups is 3. The molecule has 318 valence electrons. The third-order valence-corrected chi connectivity index (χ3v) is 13.2. The molecule has 4 N–H and O–H groups in total. The second kappa shape index (κ2) is 17.5. The van der Waals surface area contributed by atoms with Crippen LogP contribution in [-0.2, 0) is 19.6 Å². The van der Waals surface area contributed by atoms with E-state index in [1.54, 1.807) is 61.7 Å². The summed E-state index contributed by atoms with van der Waals surface area (Å²) in [6.07, 6.45) is 8.36. The quantitative estimate of drug-likeness (QED) is 0.123. The third-order valence-electron chi connectivity index (χ3n) is 11.1. The second-order valence-electron chi connectivity index (χ2n) is 15.8. The zero-order chi connectivity index (χ0) is 42.7. The van der Waals surface area contributed by atoms with Gasteiger partial charge in [0.15, 0.2) is 5.13 Å². The number of benzene rings is 2. The molecule has 0 bridgehead atoms. The lowest BCUT2D eigenvalue weighted by Gasteiger charge is -2.26. The Kier molecular flexibility index (Phi) is 11.9. The number of pyridine rings is 2. The molecule has 1 saturated heterocycles. The number of nitrogens with one attached hydrogen (secondary N) is 4.